The third-order valence-corrected chi connectivity index (χ3v) is 2.47. The van der Waals surface area contributed by atoms with E-state index in [0.717, 1.165) is 0 Å². The van der Waals surface area contributed by atoms with E-state index in [1.165, 1.54) is 0 Å². The monoisotopic (exact) mass is 233 g/mol. The number of aromatic amines is 2. The van der Waals surface area contributed by atoms with Crippen molar-refractivity contribution in [3.63, 3.8) is 0 Å². The average Bonchev–Trinajstić information content (AvgIpc) is 2.65. The van der Waals surface area contributed by atoms with Crippen LogP contribution < -0.4 is 11.0 Å². The molecule has 0 bridgehead atoms. The summed E-state index contributed by atoms with van der Waals surface area (Å²) in [5, 5.41) is 2.82. The molecule has 2 rings (SSSR count). The molecule has 1 heterocycles. The second-order valence-electron chi connectivity index (χ2n) is 4.41. The Morgan fingerprint density at radius 3 is 2.82 bits per heavy atom. The highest BCUT2D eigenvalue weighted by Crippen LogP contribution is 2.12. The first kappa shape index (κ1) is 11.4. The van der Waals surface area contributed by atoms with Crippen molar-refractivity contribution in [3.05, 3.63) is 34.2 Å². The predicted molar refractivity (Wildman–Crippen MR) is 66.1 cm³/mol. The van der Waals surface area contributed by atoms with Crippen molar-refractivity contribution in [1.82, 2.24) is 15.3 Å². The lowest BCUT2D eigenvalue weighted by Gasteiger charge is -2.07. The normalized spacial score (nSPS) is 11.0. The number of amides is 1. The fraction of sp³-hybridized carbons (Fsp3) is 0.333. The van der Waals surface area contributed by atoms with E-state index in [9.17, 15) is 9.59 Å². The largest absolute Gasteiger partial charge is 0.352 e. The number of imidazole rings is 1. The van der Waals surface area contributed by atoms with Crippen LogP contribution in [0.2, 0.25) is 0 Å². The number of aromatic nitrogens is 2. The van der Waals surface area contributed by atoms with Crippen LogP contribution in [0, 0.1) is 5.92 Å². The van der Waals surface area contributed by atoms with Crippen LogP contribution in [0.3, 0.4) is 0 Å². The molecule has 3 N–H and O–H groups in total. The molecule has 5 nitrogen and oxygen atoms in total. The number of benzene rings is 1. The highest BCUT2D eigenvalue weighted by atomic mass is 16.2. The first-order chi connectivity index (χ1) is 8.08. The molecule has 0 saturated carbocycles. The molecule has 0 radical (unpaired) electrons. The zero-order valence-electron chi connectivity index (χ0n) is 9.83. The quantitative estimate of drug-likeness (QED) is 0.746. The SMILES string of the molecule is CC(C)CNC(=O)c1cccc2[nH]c(=O)[nH]c12. The third kappa shape index (κ3) is 2.38. The molecule has 1 aromatic carbocycles. The molecule has 0 fully saturated rings. The summed E-state index contributed by atoms with van der Waals surface area (Å²) in [5.41, 5.74) is 1.39. The van der Waals surface area contributed by atoms with Crippen molar-refractivity contribution in [2.24, 2.45) is 5.92 Å². The van der Waals surface area contributed by atoms with Crippen LogP contribution in [0.25, 0.3) is 11.0 Å². The highest BCUT2D eigenvalue weighted by Gasteiger charge is 2.11. The number of H-pyrrole nitrogens is 2. The summed E-state index contributed by atoms with van der Waals surface area (Å²) in [6.45, 7) is 4.67. The van der Waals surface area contributed by atoms with Gasteiger partial charge in [0.25, 0.3) is 5.91 Å². The number of carbonyl (C=O) groups is 1. The molecule has 0 spiro atoms. The summed E-state index contributed by atoms with van der Waals surface area (Å²) >= 11 is 0. The number of hydrogen-bond donors (Lipinski definition) is 3. The van der Waals surface area contributed by atoms with Crippen molar-refractivity contribution in [2.45, 2.75) is 13.8 Å². The summed E-state index contributed by atoms with van der Waals surface area (Å²) in [6, 6.07) is 5.20. The van der Waals surface area contributed by atoms with E-state index in [2.05, 4.69) is 15.3 Å². The predicted octanol–water partition coefficient (Wildman–Crippen LogP) is 1.24. The topological polar surface area (TPSA) is 77.8 Å². The molecule has 0 aliphatic carbocycles. The Hall–Kier alpha value is -2.04. The van der Waals surface area contributed by atoms with Gasteiger partial charge in [-0.2, -0.15) is 0 Å². The minimum atomic E-state index is -0.302. The maximum Gasteiger partial charge on any atom is 0.323 e. The van der Waals surface area contributed by atoms with Crippen molar-refractivity contribution in [1.29, 1.82) is 0 Å². The second kappa shape index (κ2) is 4.45. The van der Waals surface area contributed by atoms with Crippen molar-refractivity contribution < 1.29 is 4.79 Å². The molecule has 17 heavy (non-hydrogen) atoms. The molecule has 0 atom stereocenters. The van der Waals surface area contributed by atoms with Gasteiger partial charge in [-0.05, 0) is 18.1 Å². The Labute approximate surface area is 98.2 Å². The minimum absolute atomic E-state index is 0.167. The van der Waals surface area contributed by atoms with Crippen molar-refractivity contribution in [3.8, 4) is 0 Å². The maximum absolute atomic E-state index is 11.9. The van der Waals surface area contributed by atoms with Crippen LogP contribution >= 0.6 is 0 Å². The van der Waals surface area contributed by atoms with Gasteiger partial charge in [-0.1, -0.05) is 19.9 Å². The number of hydrogen-bond acceptors (Lipinski definition) is 2. The second-order valence-corrected chi connectivity index (χ2v) is 4.41. The Balaban J connectivity index is 2.34. The van der Waals surface area contributed by atoms with E-state index in [-0.39, 0.29) is 11.6 Å². The number of fused-ring (bicyclic) bond motifs is 1. The fourth-order valence-electron chi connectivity index (χ4n) is 1.64. The standard InChI is InChI=1S/C12H15N3O2/c1-7(2)6-13-11(16)8-4-3-5-9-10(8)15-12(17)14-9/h3-5,7H,6H2,1-2H3,(H,13,16)(H2,14,15,17). The summed E-state index contributed by atoms with van der Waals surface area (Å²) in [5.74, 6) is 0.225. The number of carbonyl (C=O) groups excluding carboxylic acids is 1. The number of nitrogens with one attached hydrogen (secondary N) is 3. The summed E-state index contributed by atoms with van der Waals surface area (Å²) < 4.78 is 0. The van der Waals surface area contributed by atoms with E-state index in [0.29, 0.717) is 29.1 Å². The van der Waals surface area contributed by atoms with Crippen LogP contribution in [-0.2, 0) is 0 Å². The molecule has 1 aromatic heterocycles. The Morgan fingerprint density at radius 1 is 1.35 bits per heavy atom. The first-order valence-electron chi connectivity index (χ1n) is 5.57. The van der Waals surface area contributed by atoms with Gasteiger partial charge in [0.2, 0.25) is 0 Å². The van der Waals surface area contributed by atoms with Gasteiger partial charge < -0.3 is 15.3 Å². The average molecular weight is 233 g/mol. The summed E-state index contributed by atoms with van der Waals surface area (Å²) in [7, 11) is 0. The molecule has 0 aliphatic heterocycles. The minimum Gasteiger partial charge on any atom is -0.352 e. The zero-order valence-corrected chi connectivity index (χ0v) is 9.83. The molecule has 0 unspecified atom stereocenters. The van der Waals surface area contributed by atoms with Crippen molar-refractivity contribution in [2.75, 3.05) is 6.54 Å². The molecule has 90 valence electrons. The molecule has 0 aliphatic rings. The Bertz CT molecular complexity index is 595. The van der Waals surface area contributed by atoms with Gasteiger partial charge in [0, 0.05) is 6.54 Å². The van der Waals surface area contributed by atoms with Crippen LogP contribution in [-0.4, -0.2) is 22.4 Å². The number of rotatable bonds is 3. The molecular weight excluding hydrogens is 218 g/mol. The fourth-order valence-corrected chi connectivity index (χ4v) is 1.64. The van der Waals surface area contributed by atoms with Crippen LogP contribution in [0.5, 0.6) is 0 Å². The molecule has 1 amide bonds. The van der Waals surface area contributed by atoms with Gasteiger partial charge in [0.1, 0.15) is 0 Å². The van der Waals surface area contributed by atoms with E-state index in [1.54, 1.807) is 18.2 Å². The van der Waals surface area contributed by atoms with Crippen molar-refractivity contribution >= 4 is 16.9 Å². The molecule has 0 saturated heterocycles. The van der Waals surface area contributed by atoms with Gasteiger partial charge in [0.05, 0.1) is 16.6 Å². The smallest absolute Gasteiger partial charge is 0.323 e. The van der Waals surface area contributed by atoms with Crippen LogP contribution in [0.1, 0.15) is 24.2 Å². The van der Waals surface area contributed by atoms with E-state index in [4.69, 9.17) is 0 Å². The molecule has 2 aromatic rings. The lowest BCUT2D eigenvalue weighted by molar-refractivity contribution is 0.0950. The Kier molecular flexibility index (Phi) is 2.99. The van der Waals surface area contributed by atoms with Gasteiger partial charge in [-0.15, -0.1) is 0 Å². The summed E-state index contributed by atoms with van der Waals surface area (Å²) in [6.07, 6.45) is 0. The van der Waals surface area contributed by atoms with Gasteiger partial charge in [0.15, 0.2) is 0 Å². The lowest BCUT2D eigenvalue weighted by atomic mass is 10.1. The lowest BCUT2D eigenvalue weighted by Crippen LogP contribution is -2.27. The molecular formula is C12H15N3O2. The van der Waals surface area contributed by atoms with E-state index < -0.39 is 0 Å². The highest BCUT2D eigenvalue weighted by molar-refractivity contribution is 6.04. The first-order valence-corrected chi connectivity index (χ1v) is 5.57. The number of para-hydroxylation sites is 1. The van der Waals surface area contributed by atoms with Gasteiger partial charge >= 0.3 is 5.69 Å². The maximum atomic E-state index is 11.9. The van der Waals surface area contributed by atoms with E-state index in [1.807, 2.05) is 13.8 Å². The molecule has 5 heteroatoms. The van der Waals surface area contributed by atoms with Gasteiger partial charge in [-0.3, -0.25) is 4.79 Å². The van der Waals surface area contributed by atoms with Crippen LogP contribution in [0.15, 0.2) is 23.0 Å². The third-order valence-electron chi connectivity index (χ3n) is 2.47. The zero-order chi connectivity index (χ0) is 12.4. The van der Waals surface area contributed by atoms with Gasteiger partial charge in [-0.25, -0.2) is 4.79 Å². The van der Waals surface area contributed by atoms with Crippen LogP contribution in [0.4, 0.5) is 0 Å². The summed E-state index contributed by atoms with van der Waals surface area (Å²) in [4.78, 5) is 28.4. The van der Waals surface area contributed by atoms with E-state index >= 15 is 0 Å². The Morgan fingerprint density at radius 2 is 2.12 bits per heavy atom.